The van der Waals surface area contributed by atoms with Gasteiger partial charge < -0.3 is 10.2 Å². The number of benzene rings is 1. The third kappa shape index (κ3) is 3.91. The Hall–Kier alpha value is -1.88. The lowest BCUT2D eigenvalue weighted by molar-refractivity contribution is -0.114. The van der Waals surface area contributed by atoms with Gasteiger partial charge in [0, 0.05) is 50.4 Å². The van der Waals surface area contributed by atoms with Crippen molar-refractivity contribution in [3.05, 3.63) is 29.8 Å². The molecule has 124 valence electrons. The monoisotopic (exact) mass is 315 g/mol. The molecule has 3 rings (SSSR count). The molecule has 23 heavy (non-hydrogen) atoms. The summed E-state index contributed by atoms with van der Waals surface area (Å²) in [6.45, 7) is 5.00. The third-order valence-corrected chi connectivity index (χ3v) is 4.87. The Labute approximate surface area is 137 Å². The quantitative estimate of drug-likeness (QED) is 0.931. The summed E-state index contributed by atoms with van der Waals surface area (Å²) in [6.07, 6.45) is 5.32. The number of hydrogen-bond donors (Lipinski definition) is 1. The van der Waals surface area contributed by atoms with Crippen molar-refractivity contribution in [2.75, 3.05) is 31.5 Å². The normalized spacial score (nSPS) is 19.8. The molecule has 1 aromatic carbocycles. The van der Waals surface area contributed by atoms with Crippen molar-refractivity contribution in [1.82, 2.24) is 9.80 Å². The lowest BCUT2D eigenvalue weighted by Crippen LogP contribution is -2.51. The number of carbonyl (C=O) groups excluding carboxylic acids is 2. The van der Waals surface area contributed by atoms with Gasteiger partial charge in [-0.05, 0) is 31.0 Å². The molecule has 0 bridgehead atoms. The molecule has 0 aromatic heterocycles. The third-order valence-electron chi connectivity index (χ3n) is 4.87. The fourth-order valence-electron chi connectivity index (χ4n) is 3.68. The number of rotatable bonds is 3. The lowest BCUT2D eigenvalue weighted by Gasteiger charge is -2.38. The number of amides is 2. The molecule has 0 unspecified atom stereocenters. The highest BCUT2D eigenvalue weighted by molar-refractivity contribution is 5.96. The molecule has 2 aliphatic rings. The van der Waals surface area contributed by atoms with Crippen LogP contribution in [0, 0.1) is 0 Å². The van der Waals surface area contributed by atoms with Gasteiger partial charge in [0.15, 0.2) is 0 Å². The van der Waals surface area contributed by atoms with Gasteiger partial charge in [0.1, 0.15) is 0 Å². The summed E-state index contributed by atoms with van der Waals surface area (Å²) in [7, 11) is 0. The number of piperazine rings is 1. The number of carbonyl (C=O) groups is 2. The fraction of sp³-hybridized carbons (Fsp3) is 0.556. The van der Waals surface area contributed by atoms with Gasteiger partial charge in [0.2, 0.25) is 5.91 Å². The molecule has 1 aliphatic heterocycles. The molecule has 5 nitrogen and oxygen atoms in total. The van der Waals surface area contributed by atoms with Gasteiger partial charge in [-0.15, -0.1) is 0 Å². The first-order valence-corrected chi connectivity index (χ1v) is 8.54. The topological polar surface area (TPSA) is 52.7 Å². The minimum atomic E-state index is -0.125. The summed E-state index contributed by atoms with van der Waals surface area (Å²) in [6, 6.07) is 7.92. The second-order valence-electron chi connectivity index (χ2n) is 6.53. The van der Waals surface area contributed by atoms with E-state index >= 15 is 0 Å². The molecular formula is C18H25N3O2. The maximum Gasteiger partial charge on any atom is 0.254 e. The number of nitrogens with one attached hydrogen (secondary N) is 1. The molecule has 2 fully saturated rings. The Morgan fingerprint density at radius 2 is 1.78 bits per heavy atom. The van der Waals surface area contributed by atoms with Crippen LogP contribution in [0.3, 0.4) is 0 Å². The molecular weight excluding hydrogens is 290 g/mol. The van der Waals surface area contributed by atoms with E-state index < -0.39 is 0 Å². The predicted molar refractivity (Wildman–Crippen MR) is 90.5 cm³/mol. The molecule has 1 heterocycles. The molecule has 1 aromatic rings. The Bertz CT molecular complexity index is 573. The van der Waals surface area contributed by atoms with Crippen LogP contribution in [0.25, 0.3) is 0 Å². The zero-order chi connectivity index (χ0) is 16.2. The van der Waals surface area contributed by atoms with Crippen molar-refractivity contribution in [3.63, 3.8) is 0 Å². The molecule has 1 aliphatic carbocycles. The van der Waals surface area contributed by atoms with Gasteiger partial charge in [-0.1, -0.05) is 18.9 Å². The largest absolute Gasteiger partial charge is 0.336 e. The summed E-state index contributed by atoms with van der Waals surface area (Å²) >= 11 is 0. The summed E-state index contributed by atoms with van der Waals surface area (Å²) in [5.74, 6) is -0.0666. The lowest BCUT2D eigenvalue weighted by atomic mass is 10.1. The van der Waals surface area contributed by atoms with Crippen LogP contribution in [0.1, 0.15) is 43.0 Å². The van der Waals surface area contributed by atoms with Crippen molar-refractivity contribution in [3.8, 4) is 0 Å². The van der Waals surface area contributed by atoms with Crippen LogP contribution in [-0.4, -0.2) is 53.8 Å². The Balaban J connectivity index is 1.59. The van der Waals surface area contributed by atoms with Gasteiger partial charge >= 0.3 is 0 Å². The van der Waals surface area contributed by atoms with Crippen LogP contribution >= 0.6 is 0 Å². The first-order chi connectivity index (χ1) is 11.1. The van der Waals surface area contributed by atoms with Crippen molar-refractivity contribution in [1.29, 1.82) is 0 Å². The van der Waals surface area contributed by atoms with Crippen molar-refractivity contribution >= 4 is 17.5 Å². The molecule has 0 radical (unpaired) electrons. The Morgan fingerprint density at radius 3 is 2.43 bits per heavy atom. The summed E-state index contributed by atoms with van der Waals surface area (Å²) in [5, 5.41) is 2.73. The first-order valence-electron chi connectivity index (χ1n) is 8.54. The molecule has 1 saturated heterocycles. The van der Waals surface area contributed by atoms with Crippen LogP contribution in [0.5, 0.6) is 0 Å². The Morgan fingerprint density at radius 1 is 1.09 bits per heavy atom. The van der Waals surface area contributed by atoms with E-state index in [4.69, 9.17) is 0 Å². The SMILES string of the molecule is CC(=O)Nc1cccc(C(=O)N2CCN(C3CCCC3)CC2)c1. The fourth-order valence-corrected chi connectivity index (χ4v) is 3.68. The maximum atomic E-state index is 12.7. The zero-order valence-corrected chi connectivity index (χ0v) is 13.8. The van der Waals surface area contributed by atoms with E-state index in [2.05, 4.69) is 10.2 Å². The van der Waals surface area contributed by atoms with E-state index in [1.807, 2.05) is 17.0 Å². The number of hydrogen-bond acceptors (Lipinski definition) is 3. The summed E-state index contributed by atoms with van der Waals surface area (Å²) in [5.41, 5.74) is 1.32. The van der Waals surface area contributed by atoms with E-state index in [1.54, 1.807) is 12.1 Å². The number of nitrogens with zero attached hydrogens (tertiary/aromatic N) is 2. The van der Waals surface area contributed by atoms with Crippen LogP contribution in [0.15, 0.2) is 24.3 Å². The molecule has 1 N–H and O–H groups in total. The summed E-state index contributed by atoms with van der Waals surface area (Å²) in [4.78, 5) is 28.3. The molecule has 0 spiro atoms. The van der Waals surface area contributed by atoms with Crippen LogP contribution in [-0.2, 0) is 4.79 Å². The second-order valence-corrected chi connectivity index (χ2v) is 6.53. The van der Waals surface area contributed by atoms with E-state index in [9.17, 15) is 9.59 Å². The average molecular weight is 315 g/mol. The highest BCUT2D eigenvalue weighted by Crippen LogP contribution is 2.24. The van der Waals surface area contributed by atoms with Crippen LogP contribution in [0.4, 0.5) is 5.69 Å². The smallest absolute Gasteiger partial charge is 0.254 e. The highest BCUT2D eigenvalue weighted by atomic mass is 16.2. The summed E-state index contributed by atoms with van der Waals surface area (Å²) < 4.78 is 0. The Kier molecular flexibility index (Phi) is 4.96. The first kappa shape index (κ1) is 16.0. The van der Waals surface area contributed by atoms with Crippen molar-refractivity contribution in [2.24, 2.45) is 0 Å². The van der Waals surface area contributed by atoms with Gasteiger partial charge in [0.05, 0.1) is 0 Å². The zero-order valence-electron chi connectivity index (χ0n) is 13.8. The molecule has 5 heteroatoms. The van der Waals surface area contributed by atoms with Gasteiger partial charge in [-0.25, -0.2) is 0 Å². The van der Waals surface area contributed by atoms with Gasteiger partial charge in [-0.2, -0.15) is 0 Å². The minimum absolute atomic E-state index is 0.0586. The molecule has 0 atom stereocenters. The second kappa shape index (κ2) is 7.13. The van der Waals surface area contributed by atoms with Crippen molar-refractivity contribution in [2.45, 2.75) is 38.6 Å². The average Bonchev–Trinajstić information content (AvgIpc) is 3.08. The molecule has 1 saturated carbocycles. The highest BCUT2D eigenvalue weighted by Gasteiger charge is 2.28. The molecule has 2 amide bonds. The van der Waals surface area contributed by atoms with E-state index in [-0.39, 0.29) is 11.8 Å². The van der Waals surface area contributed by atoms with Crippen LogP contribution in [0.2, 0.25) is 0 Å². The van der Waals surface area contributed by atoms with E-state index in [0.29, 0.717) is 11.3 Å². The van der Waals surface area contributed by atoms with Gasteiger partial charge in [0.25, 0.3) is 5.91 Å². The number of anilines is 1. The standard InChI is InChI=1S/C18H25N3O2/c1-14(22)19-16-6-4-5-15(13-16)18(23)21-11-9-20(10-12-21)17-7-2-3-8-17/h4-6,13,17H,2-3,7-12H2,1H3,(H,19,22). The van der Waals surface area contributed by atoms with Gasteiger partial charge in [-0.3, -0.25) is 14.5 Å². The van der Waals surface area contributed by atoms with Crippen LogP contribution < -0.4 is 5.32 Å². The minimum Gasteiger partial charge on any atom is -0.336 e. The van der Waals surface area contributed by atoms with E-state index in [0.717, 1.165) is 32.2 Å². The predicted octanol–water partition coefficient (Wildman–Crippen LogP) is 2.35. The van der Waals surface area contributed by atoms with E-state index in [1.165, 1.54) is 32.6 Å². The maximum absolute atomic E-state index is 12.7. The van der Waals surface area contributed by atoms with Crippen molar-refractivity contribution < 1.29 is 9.59 Å².